The number of anilines is 3. The number of hydrogen-bond acceptors (Lipinski definition) is 8. The van der Waals surface area contributed by atoms with Gasteiger partial charge in [0.15, 0.2) is 0 Å². The molecule has 15 heteroatoms. The summed E-state index contributed by atoms with van der Waals surface area (Å²) in [7, 11) is -5.11. The van der Waals surface area contributed by atoms with Gasteiger partial charge < -0.3 is 20.1 Å². The van der Waals surface area contributed by atoms with E-state index >= 15 is 0 Å². The lowest BCUT2D eigenvalue weighted by Gasteiger charge is -2.38. The molecule has 1 fully saturated rings. The molecule has 1 saturated heterocycles. The van der Waals surface area contributed by atoms with E-state index in [0.29, 0.717) is 18.8 Å². The maximum Gasteiger partial charge on any atom is 0.392 e. The number of alkyl halides is 3. The van der Waals surface area contributed by atoms with Crippen LogP contribution in [0.25, 0.3) is 0 Å². The highest BCUT2D eigenvalue weighted by Crippen LogP contribution is 2.32. The van der Waals surface area contributed by atoms with Gasteiger partial charge in [0.2, 0.25) is 10.0 Å². The number of halogens is 3. The molecule has 0 saturated carbocycles. The van der Waals surface area contributed by atoms with Crippen molar-refractivity contribution >= 4 is 41.2 Å². The molecule has 0 radical (unpaired) electrons. The zero-order valence-electron chi connectivity index (χ0n) is 20.5. The smallest absolute Gasteiger partial charge is 0.392 e. The minimum atomic E-state index is -4.38. The van der Waals surface area contributed by atoms with E-state index in [2.05, 4.69) is 33.1 Å². The van der Waals surface area contributed by atoms with E-state index in [1.165, 1.54) is 24.4 Å². The minimum Gasteiger partial charge on any atom is -0.463 e. The first kappa shape index (κ1) is 28.7. The van der Waals surface area contributed by atoms with Crippen molar-refractivity contribution in [3.05, 3.63) is 36.0 Å². The van der Waals surface area contributed by atoms with Crippen molar-refractivity contribution in [3.63, 3.8) is 0 Å². The SMILES string of the molecule is C[Si]1(C)CCN(c2cc(NS(=O)(=O)CCO)ccc2C(=O)Nc2ccnc(OCCC(F)(F)F)n2)CC1. The average molecular weight is 562 g/mol. The van der Waals surface area contributed by atoms with Gasteiger partial charge >= 0.3 is 12.2 Å². The molecule has 2 aromatic rings. The number of hydrogen-bond donors (Lipinski definition) is 3. The van der Waals surface area contributed by atoms with Gasteiger partial charge in [-0.1, -0.05) is 13.1 Å². The van der Waals surface area contributed by atoms with Crippen LogP contribution in [0.4, 0.5) is 30.4 Å². The van der Waals surface area contributed by atoms with Crippen molar-refractivity contribution in [2.24, 2.45) is 0 Å². The van der Waals surface area contributed by atoms with Crippen LogP contribution in [-0.2, 0) is 10.0 Å². The minimum absolute atomic E-state index is 0.0351. The summed E-state index contributed by atoms with van der Waals surface area (Å²) < 4.78 is 68.7. The van der Waals surface area contributed by atoms with Crippen LogP contribution in [0.15, 0.2) is 30.5 Å². The molecule has 3 N–H and O–H groups in total. The first-order chi connectivity index (χ1) is 17.3. The van der Waals surface area contributed by atoms with Crippen molar-refractivity contribution < 1.29 is 36.2 Å². The third kappa shape index (κ3) is 8.86. The second-order valence-electron chi connectivity index (χ2n) is 9.42. The molecule has 0 unspecified atom stereocenters. The van der Waals surface area contributed by atoms with E-state index in [0.717, 1.165) is 12.1 Å². The Hall–Kier alpha value is -2.91. The van der Waals surface area contributed by atoms with Crippen LogP contribution in [0, 0.1) is 0 Å². The molecule has 1 aromatic carbocycles. The Balaban J connectivity index is 1.82. The number of carbonyl (C=O) groups excluding carboxylic acids is 1. The molecule has 3 rings (SSSR count). The number of aromatic nitrogens is 2. The monoisotopic (exact) mass is 561 g/mol. The summed E-state index contributed by atoms with van der Waals surface area (Å²) in [6.45, 7) is 4.80. The number of rotatable bonds is 10. The lowest BCUT2D eigenvalue weighted by molar-refractivity contribution is -0.139. The van der Waals surface area contributed by atoms with E-state index in [1.54, 1.807) is 6.07 Å². The third-order valence-electron chi connectivity index (χ3n) is 5.83. The van der Waals surface area contributed by atoms with Gasteiger partial charge in [0.25, 0.3) is 5.91 Å². The van der Waals surface area contributed by atoms with Gasteiger partial charge in [-0.2, -0.15) is 18.2 Å². The summed E-state index contributed by atoms with van der Waals surface area (Å²) in [6.07, 6.45) is -4.30. The molecule has 1 aliphatic rings. The molecule has 37 heavy (non-hydrogen) atoms. The topological polar surface area (TPSA) is 134 Å². The molecule has 0 aliphatic carbocycles. The van der Waals surface area contributed by atoms with E-state index in [9.17, 15) is 26.4 Å². The van der Waals surface area contributed by atoms with Crippen molar-refractivity contribution in [3.8, 4) is 6.01 Å². The lowest BCUT2D eigenvalue weighted by atomic mass is 10.1. The average Bonchev–Trinajstić information content (AvgIpc) is 2.78. The predicted octanol–water partition coefficient (Wildman–Crippen LogP) is 3.32. The number of aliphatic hydroxyl groups excluding tert-OH is 1. The standard InChI is InChI=1S/C22H30F3N5O5SSi/c1-37(2)13-8-30(9-14-37)18-15-16(29-36(33,34)12-10-31)3-4-17(18)20(32)27-19-5-7-26-21(28-19)35-11-6-22(23,24)25/h3-5,7,15,29,31H,6,8-14H2,1-2H3,(H,26,27,28,32). The summed E-state index contributed by atoms with van der Waals surface area (Å²) >= 11 is 0. The molecule has 1 aromatic heterocycles. The lowest BCUT2D eigenvalue weighted by Crippen LogP contribution is -2.43. The Morgan fingerprint density at radius 1 is 1.22 bits per heavy atom. The zero-order valence-corrected chi connectivity index (χ0v) is 22.3. The maximum absolute atomic E-state index is 13.2. The van der Waals surface area contributed by atoms with Crippen LogP contribution >= 0.6 is 0 Å². The summed E-state index contributed by atoms with van der Waals surface area (Å²) in [4.78, 5) is 23.0. The fraction of sp³-hybridized carbons (Fsp3) is 0.500. The van der Waals surface area contributed by atoms with Crippen LogP contribution in [0.5, 0.6) is 6.01 Å². The maximum atomic E-state index is 13.2. The molecule has 1 aliphatic heterocycles. The number of benzene rings is 1. The largest absolute Gasteiger partial charge is 0.463 e. The van der Waals surface area contributed by atoms with Crippen LogP contribution in [0.1, 0.15) is 16.8 Å². The Kier molecular flexibility index (Phi) is 9.02. The zero-order chi connectivity index (χ0) is 27.3. The summed E-state index contributed by atoms with van der Waals surface area (Å²) in [5.41, 5.74) is 1.05. The van der Waals surface area contributed by atoms with Crippen LogP contribution in [-0.4, -0.2) is 75.7 Å². The highest BCUT2D eigenvalue weighted by Gasteiger charge is 2.30. The van der Waals surface area contributed by atoms with Gasteiger partial charge in [0.05, 0.1) is 43.8 Å². The number of nitrogens with zero attached hydrogens (tertiary/aromatic N) is 3. The molecule has 2 heterocycles. The molecule has 0 bridgehead atoms. The third-order valence-corrected chi connectivity index (χ3v) is 10.2. The van der Waals surface area contributed by atoms with Crippen LogP contribution in [0.2, 0.25) is 25.2 Å². The van der Waals surface area contributed by atoms with E-state index in [4.69, 9.17) is 9.84 Å². The number of carbonyl (C=O) groups is 1. The van der Waals surface area contributed by atoms with Gasteiger partial charge in [0.1, 0.15) is 12.4 Å². The first-order valence-corrected chi connectivity index (χ1v) is 16.7. The summed E-state index contributed by atoms with van der Waals surface area (Å²) in [6, 6.07) is 7.58. The second kappa shape index (κ2) is 11.6. The fourth-order valence-corrected chi connectivity index (χ4v) is 6.50. The van der Waals surface area contributed by atoms with E-state index < -0.39 is 55.6 Å². The highest BCUT2D eigenvalue weighted by atomic mass is 32.2. The van der Waals surface area contributed by atoms with Gasteiger partial charge in [0, 0.05) is 19.3 Å². The fourth-order valence-electron chi connectivity index (χ4n) is 3.67. The Bertz CT molecular complexity index is 1200. The molecule has 0 atom stereocenters. The molecule has 1 amide bonds. The normalized spacial score (nSPS) is 15.8. The number of amides is 1. The predicted molar refractivity (Wildman–Crippen MR) is 136 cm³/mol. The Labute approximate surface area is 214 Å². The van der Waals surface area contributed by atoms with Gasteiger partial charge in [-0.05, 0) is 36.4 Å². The quantitative estimate of drug-likeness (QED) is 0.376. The molecule has 204 valence electrons. The highest BCUT2D eigenvalue weighted by molar-refractivity contribution is 7.92. The molecular weight excluding hydrogens is 531 g/mol. The van der Waals surface area contributed by atoms with Gasteiger partial charge in [-0.25, -0.2) is 13.4 Å². The number of ether oxygens (including phenoxy) is 1. The van der Waals surface area contributed by atoms with Crippen LogP contribution in [0.3, 0.4) is 0 Å². The summed E-state index contributed by atoms with van der Waals surface area (Å²) in [5.74, 6) is -0.968. The van der Waals surface area contributed by atoms with Crippen molar-refractivity contribution in [1.29, 1.82) is 0 Å². The molecule has 10 nitrogen and oxygen atoms in total. The first-order valence-electron chi connectivity index (χ1n) is 11.6. The number of nitrogens with one attached hydrogen (secondary N) is 2. The molecular formula is C22H30F3N5O5SSi. The number of aliphatic hydroxyl groups is 1. The number of sulfonamides is 1. The van der Waals surface area contributed by atoms with E-state index in [-0.39, 0.29) is 23.1 Å². The van der Waals surface area contributed by atoms with Gasteiger partial charge in [-0.3, -0.25) is 9.52 Å². The van der Waals surface area contributed by atoms with Crippen molar-refractivity contribution in [2.45, 2.75) is 37.8 Å². The summed E-state index contributed by atoms with van der Waals surface area (Å²) in [5, 5.41) is 11.6. The molecule has 0 spiro atoms. The van der Waals surface area contributed by atoms with Crippen molar-refractivity contribution in [1.82, 2.24) is 9.97 Å². The van der Waals surface area contributed by atoms with E-state index in [1.807, 2.05) is 4.90 Å². The Morgan fingerprint density at radius 3 is 2.57 bits per heavy atom. The van der Waals surface area contributed by atoms with Crippen molar-refractivity contribution in [2.75, 3.05) is 47.0 Å². The van der Waals surface area contributed by atoms with Crippen LogP contribution < -0.4 is 19.7 Å². The second-order valence-corrected chi connectivity index (χ2v) is 16.6. The van der Waals surface area contributed by atoms with Gasteiger partial charge in [-0.15, -0.1) is 0 Å². The Morgan fingerprint density at radius 2 is 1.92 bits per heavy atom.